The van der Waals surface area contributed by atoms with Crippen molar-refractivity contribution in [2.45, 2.75) is 23.8 Å². The summed E-state index contributed by atoms with van der Waals surface area (Å²) in [5.74, 6) is -41.3. The lowest BCUT2D eigenvalue weighted by atomic mass is 9.91. The minimum atomic E-state index is -6.82. The maximum absolute atomic E-state index is 14.7. The molecule has 0 radical (unpaired) electrons. The van der Waals surface area contributed by atoms with Gasteiger partial charge in [0.25, 0.3) is 0 Å². The second-order valence-corrected chi connectivity index (χ2v) is 5.69. The van der Waals surface area contributed by atoms with Crippen LogP contribution in [0, 0.1) is 40.7 Å². The van der Waals surface area contributed by atoms with E-state index in [1.54, 1.807) is 0 Å². The summed E-state index contributed by atoms with van der Waals surface area (Å²) in [5.41, 5.74) is -3.27. The van der Waals surface area contributed by atoms with Crippen molar-refractivity contribution in [1.29, 1.82) is 0 Å². The zero-order chi connectivity index (χ0) is 22.5. The first-order valence-electron chi connectivity index (χ1n) is 6.80. The van der Waals surface area contributed by atoms with Crippen molar-refractivity contribution in [3.63, 3.8) is 0 Å². The molecule has 1 fully saturated rings. The maximum atomic E-state index is 14.7. The van der Waals surface area contributed by atoms with Gasteiger partial charge < -0.3 is 0 Å². The van der Waals surface area contributed by atoms with Gasteiger partial charge in [0.05, 0.1) is 10.9 Å². The van der Waals surface area contributed by atoms with Gasteiger partial charge in [-0.2, -0.15) is 30.7 Å². The molecule has 0 N–H and O–H groups in total. The van der Waals surface area contributed by atoms with Gasteiger partial charge in [-0.3, -0.25) is 4.74 Å². The van der Waals surface area contributed by atoms with Crippen LogP contribution >= 0.6 is 0 Å². The van der Waals surface area contributed by atoms with E-state index < -0.39 is 80.9 Å². The number of benzene rings is 2. The van der Waals surface area contributed by atoms with Crippen LogP contribution in [-0.2, 0) is 10.6 Å². The fourth-order valence-electron chi connectivity index (χ4n) is 2.70. The molecule has 1 nitrogen and oxygen atoms in total. The first-order chi connectivity index (χ1) is 13.0. The Hall–Kier alpha value is -2.32. The average Bonchev–Trinajstić information content (AvgIpc) is 2.70. The molecule has 1 atom stereocenters. The maximum Gasteiger partial charge on any atom is 0.429 e. The Labute approximate surface area is 148 Å². The molecule has 15 heteroatoms. The van der Waals surface area contributed by atoms with Crippen LogP contribution in [0.2, 0.25) is 0 Å². The Kier molecular flexibility index (Phi) is 4.16. The number of rotatable bonds is 1. The van der Waals surface area contributed by atoms with Crippen LogP contribution in [0.4, 0.5) is 61.5 Å². The summed E-state index contributed by atoms with van der Waals surface area (Å²) in [7, 11) is 0. The number of fused-ring (bicyclic) bond motifs is 1. The molecule has 1 aliphatic rings. The third kappa shape index (κ3) is 2.21. The largest absolute Gasteiger partial charge is 0.429 e. The summed E-state index contributed by atoms with van der Waals surface area (Å²) in [6, 6.07) is 0. The van der Waals surface area contributed by atoms with Gasteiger partial charge in [0.2, 0.25) is 0 Å². The van der Waals surface area contributed by atoms with Crippen LogP contribution < -0.4 is 0 Å². The number of ether oxygens (including phenoxy) is 1. The Bertz CT molecular complexity index is 1050. The van der Waals surface area contributed by atoms with E-state index in [2.05, 4.69) is 4.74 Å². The number of hydrogen-bond donors (Lipinski definition) is 0. The number of alkyl halides is 7. The van der Waals surface area contributed by atoms with E-state index in [4.69, 9.17) is 0 Å². The number of hydrogen-bond acceptors (Lipinski definition) is 1. The van der Waals surface area contributed by atoms with Crippen LogP contribution in [0.25, 0.3) is 10.8 Å². The van der Waals surface area contributed by atoms with Crippen molar-refractivity contribution in [3.8, 4) is 0 Å². The zero-order valence-corrected chi connectivity index (χ0v) is 12.7. The van der Waals surface area contributed by atoms with E-state index in [1.165, 1.54) is 0 Å². The van der Waals surface area contributed by atoms with Gasteiger partial charge in [-0.25, -0.2) is 30.7 Å². The first-order valence-corrected chi connectivity index (χ1v) is 6.80. The molecule has 0 bridgehead atoms. The summed E-state index contributed by atoms with van der Waals surface area (Å²) >= 11 is 0. The van der Waals surface area contributed by atoms with Crippen LogP contribution in [0.3, 0.4) is 0 Å². The van der Waals surface area contributed by atoms with Crippen LogP contribution in [0.5, 0.6) is 0 Å². The molecule has 0 aliphatic carbocycles. The molecular weight excluding hydrogens is 450 g/mol. The highest BCUT2D eigenvalue weighted by Crippen LogP contribution is 2.65. The molecule has 2 aromatic carbocycles. The molecule has 1 heterocycles. The molecule has 29 heavy (non-hydrogen) atoms. The van der Waals surface area contributed by atoms with Crippen LogP contribution in [-0.4, -0.2) is 18.0 Å². The highest BCUT2D eigenvalue weighted by atomic mass is 19.4. The van der Waals surface area contributed by atoms with E-state index in [-0.39, 0.29) is 0 Å². The van der Waals surface area contributed by atoms with E-state index in [0.29, 0.717) is 0 Å². The summed E-state index contributed by atoms with van der Waals surface area (Å²) < 4.78 is 193. The molecular formula is C14F14O. The molecule has 0 aromatic heterocycles. The molecule has 2 aromatic rings. The van der Waals surface area contributed by atoms with Gasteiger partial charge >= 0.3 is 23.8 Å². The second-order valence-electron chi connectivity index (χ2n) is 5.69. The molecule has 1 saturated heterocycles. The SMILES string of the molecule is Fc1c(F)c(F)c2c(C3(F)OC(F)(F)C(F)(F)C3(F)F)c(F)c(F)c(F)c2c1F. The normalized spacial score (nSPS) is 25.0. The smallest absolute Gasteiger partial charge is 0.268 e. The molecule has 0 spiro atoms. The summed E-state index contributed by atoms with van der Waals surface area (Å²) in [5, 5.41) is -5.31. The minimum Gasteiger partial charge on any atom is -0.268 e. The predicted molar refractivity (Wildman–Crippen MR) is 62.4 cm³/mol. The summed E-state index contributed by atoms with van der Waals surface area (Å²) in [4.78, 5) is 0. The highest BCUT2D eigenvalue weighted by Gasteiger charge is 2.90. The molecule has 0 saturated carbocycles. The van der Waals surface area contributed by atoms with Gasteiger partial charge in [-0.15, -0.1) is 0 Å². The first kappa shape index (κ1) is 21.4. The predicted octanol–water partition coefficient (Wildman–Crippen LogP) is 5.83. The highest BCUT2D eigenvalue weighted by molar-refractivity contribution is 5.89. The van der Waals surface area contributed by atoms with Crippen molar-refractivity contribution in [1.82, 2.24) is 0 Å². The molecule has 3 rings (SSSR count). The molecule has 1 unspecified atom stereocenters. The standard InChI is InChI=1S/C14F14O/c15-4-1-2(6(17)10(21)9(4)20)5(16)8(19)7(18)3(1)11(22)12(23,24)13(25,26)14(27,28)29-11. The topological polar surface area (TPSA) is 9.23 Å². The summed E-state index contributed by atoms with van der Waals surface area (Å²) in [6.45, 7) is 0. The fourth-order valence-corrected chi connectivity index (χ4v) is 2.70. The van der Waals surface area contributed by atoms with Crippen molar-refractivity contribution < 1.29 is 66.2 Å². The van der Waals surface area contributed by atoms with E-state index in [0.717, 1.165) is 0 Å². The van der Waals surface area contributed by atoms with Gasteiger partial charge in [-0.05, 0) is 0 Å². The van der Waals surface area contributed by atoms with E-state index in [9.17, 15) is 61.5 Å². The van der Waals surface area contributed by atoms with E-state index >= 15 is 0 Å². The Morgan fingerprint density at radius 1 is 0.448 bits per heavy atom. The third-order valence-corrected chi connectivity index (χ3v) is 4.10. The molecule has 160 valence electrons. The third-order valence-electron chi connectivity index (χ3n) is 4.10. The fraction of sp³-hybridized carbons (Fsp3) is 0.286. The molecule has 0 amide bonds. The quantitative estimate of drug-likeness (QED) is 0.302. The number of halogens is 14. The van der Waals surface area contributed by atoms with E-state index in [1.807, 2.05) is 0 Å². The Morgan fingerprint density at radius 3 is 1.21 bits per heavy atom. The van der Waals surface area contributed by atoms with Crippen molar-refractivity contribution >= 4 is 10.8 Å². The van der Waals surface area contributed by atoms with Crippen molar-refractivity contribution in [2.24, 2.45) is 0 Å². The monoisotopic (exact) mass is 450 g/mol. The van der Waals surface area contributed by atoms with Gasteiger partial charge in [0, 0.05) is 5.39 Å². The lowest BCUT2D eigenvalue weighted by Crippen LogP contribution is -2.51. The zero-order valence-electron chi connectivity index (χ0n) is 12.7. The summed E-state index contributed by atoms with van der Waals surface area (Å²) in [6.07, 6.45) is -6.44. The Morgan fingerprint density at radius 2 is 0.828 bits per heavy atom. The van der Waals surface area contributed by atoms with Gasteiger partial charge in [-0.1, -0.05) is 0 Å². The van der Waals surface area contributed by atoms with Gasteiger partial charge in [0.15, 0.2) is 40.7 Å². The van der Waals surface area contributed by atoms with Crippen LogP contribution in [0.1, 0.15) is 5.56 Å². The average molecular weight is 450 g/mol. The molecule has 1 aliphatic heterocycles. The van der Waals surface area contributed by atoms with Crippen molar-refractivity contribution in [2.75, 3.05) is 0 Å². The minimum absolute atomic E-state index is 2.56. The Balaban J connectivity index is 2.62. The second kappa shape index (κ2) is 5.64. The lowest BCUT2D eigenvalue weighted by Gasteiger charge is -2.28. The van der Waals surface area contributed by atoms with Gasteiger partial charge in [0.1, 0.15) is 0 Å². The van der Waals surface area contributed by atoms with Crippen molar-refractivity contribution in [3.05, 3.63) is 46.3 Å². The van der Waals surface area contributed by atoms with Crippen LogP contribution in [0.15, 0.2) is 0 Å². The lowest BCUT2D eigenvalue weighted by molar-refractivity contribution is -0.340.